The molecular formula is C18H11Cl2N3O3S. The number of carbonyl (C=O) groups excluding carboxylic acids is 1. The van der Waals surface area contributed by atoms with Gasteiger partial charge in [0.1, 0.15) is 0 Å². The summed E-state index contributed by atoms with van der Waals surface area (Å²) in [6.07, 6.45) is 1.62. The van der Waals surface area contributed by atoms with Crippen LogP contribution in [-0.4, -0.2) is 27.2 Å². The SMILES string of the molecule is O=C(O)c1ccc(/C=C(/Cl)c2nnc(C(=O)Nc3ccc(Cl)cc3)s2)cc1. The number of hydrogen-bond acceptors (Lipinski definition) is 5. The van der Waals surface area contributed by atoms with Crippen molar-refractivity contribution in [1.29, 1.82) is 0 Å². The maximum absolute atomic E-state index is 12.2. The van der Waals surface area contributed by atoms with E-state index < -0.39 is 11.9 Å². The van der Waals surface area contributed by atoms with E-state index in [-0.39, 0.29) is 10.6 Å². The zero-order valence-corrected chi connectivity index (χ0v) is 15.8. The zero-order valence-electron chi connectivity index (χ0n) is 13.5. The van der Waals surface area contributed by atoms with E-state index in [4.69, 9.17) is 28.3 Å². The van der Waals surface area contributed by atoms with Gasteiger partial charge in [-0.3, -0.25) is 4.79 Å². The van der Waals surface area contributed by atoms with Gasteiger partial charge in [0, 0.05) is 10.7 Å². The van der Waals surface area contributed by atoms with Crippen molar-refractivity contribution >= 4 is 63.2 Å². The van der Waals surface area contributed by atoms with Crippen molar-refractivity contribution < 1.29 is 14.7 Å². The Bertz CT molecular complexity index is 1020. The number of benzene rings is 2. The van der Waals surface area contributed by atoms with Gasteiger partial charge in [-0.05, 0) is 48.0 Å². The highest BCUT2D eigenvalue weighted by atomic mass is 35.5. The molecule has 2 aromatic carbocycles. The molecule has 9 heteroatoms. The highest BCUT2D eigenvalue weighted by molar-refractivity contribution is 7.15. The predicted molar refractivity (Wildman–Crippen MR) is 106 cm³/mol. The molecule has 0 fully saturated rings. The normalized spacial score (nSPS) is 11.3. The van der Waals surface area contributed by atoms with Crippen LogP contribution < -0.4 is 5.32 Å². The van der Waals surface area contributed by atoms with Gasteiger partial charge in [0.05, 0.1) is 10.6 Å². The third-order valence-electron chi connectivity index (χ3n) is 3.38. The summed E-state index contributed by atoms with van der Waals surface area (Å²) in [4.78, 5) is 23.1. The summed E-state index contributed by atoms with van der Waals surface area (Å²) in [5.41, 5.74) is 1.47. The summed E-state index contributed by atoms with van der Waals surface area (Å²) in [6, 6.07) is 12.9. The minimum Gasteiger partial charge on any atom is -0.478 e. The van der Waals surface area contributed by atoms with Gasteiger partial charge in [-0.1, -0.05) is 46.7 Å². The maximum atomic E-state index is 12.2. The number of carboxylic acids is 1. The molecule has 0 aliphatic carbocycles. The van der Waals surface area contributed by atoms with Crippen molar-refractivity contribution in [3.8, 4) is 0 Å². The third-order valence-corrected chi connectivity index (χ3v) is 4.98. The summed E-state index contributed by atoms with van der Waals surface area (Å²) >= 11 is 13.1. The molecule has 3 rings (SSSR count). The highest BCUT2D eigenvalue weighted by Crippen LogP contribution is 2.26. The Morgan fingerprint density at radius 2 is 1.63 bits per heavy atom. The van der Waals surface area contributed by atoms with Crippen molar-refractivity contribution in [2.75, 3.05) is 5.32 Å². The van der Waals surface area contributed by atoms with E-state index in [9.17, 15) is 9.59 Å². The van der Waals surface area contributed by atoms with Crippen LogP contribution in [-0.2, 0) is 0 Å². The number of carbonyl (C=O) groups is 2. The molecule has 0 unspecified atom stereocenters. The van der Waals surface area contributed by atoms with Crippen LogP contribution in [0.2, 0.25) is 5.02 Å². The number of rotatable bonds is 5. The molecule has 0 saturated heterocycles. The second-order valence-corrected chi connectivity index (χ2v) is 7.11. The van der Waals surface area contributed by atoms with Gasteiger partial charge in [-0.2, -0.15) is 0 Å². The number of nitrogens with one attached hydrogen (secondary N) is 1. The molecule has 0 radical (unpaired) electrons. The molecule has 0 aliphatic rings. The first-order valence-corrected chi connectivity index (χ1v) is 9.11. The van der Waals surface area contributed by atoms with E-state index in [2.05, 4.69) is 15.5 Å². The Morgan fingerprint density at radius 3 is 2.26 bits per heavy atom. The molecule has 2 N–H and O–H groups in total. The number of nitrogens with zero attached hydrogens (tertiary/aromatic N) is 2. The summed E-state index contributed by atoms with van der Waals surface area (Å²) in [5, 5.41) is 20.8. The van der Waals surface area contributed by atoms with Crippen LogP contribution in [0.15, 0.2) is 48.5 Å². The first-order chi connectivity index (χ1) is 12.9. The largest absolute Gasteiger partial charge is 0.478 e. The number of aromatic nitrogens is 2. The zero-order chi connectivity index (χ0) is 19.4. The van der Waals surface area contributed by atoms with Crippen LogP contribution >= 0.6 is 34.5 Å². The summed E-state index contributed by atoms with van der Waals surface area (Å²) in [7, 11) is 0. The van der Waals surface area contributed by atoms with Crippen LogP contribution in [0.5, 0.6) is 0 Å². The first-order valence-electron chi connectivity index (χ1n) is 7.54. The molecular weight excluding hydrogens is 409 g/mol. The van der Waals surface area contributed by atoms with Crippen molar-refractivity contribution in [2.24, 2.45) is 0 Å². The second kappa shape index (κ2) is 8.30. The number of anilines is 1. The minimum absolute atomic E-state index is 0.160. The van der Waals surface area contributed by atoms with Crippen molar-refractivity contribution in [2.45, 2.75) is 0 Å². The lowest BCUT2D eigenvalue weighted by atomic mass is 10.1. The maximum Gasteiger partial charge on any atom is 0.335 e. The summed E-state index contributed by atoms with van der Waals surface area (Å²) in [6.45, 7) is 0. The number of amides is 1. The molecule has 0 aliphatic heterocycles. The fourth-order valence-corrected chi connectivity index (χ4v) is 3.11. The molecule has 1 amide bonds. The molecule has 0 saturated carbocycles. The Balaban J connectivity index is 1.72. The minimum atomic E-state index is -1.00. The number of carboxylic acid groups (broad SMARTS) is 1. The lowest BCUT2D eigenvalue weighted by Gasteiger charge is -2.01. The van der Waals surface area contributed by atoms with E-state index in [1.807, 2.05) is 0 Å². The van der Waals surface area contributed by atoms with Gasteiger partial charge >= 0.3 is 5.97 Å². The van der Waals surface area contributed by atoms with Gasteiger partial charge in [-0.15, -0.1) is 10.2 Å². The molecule has 0 atom stereocenters. The molecule has 0 bridgehead atoms. The van der Waals surface area contributed by atoms with Gasteiger partial charge in [0.25, 0.3) is 5.91 Å². The number of halogens is 2. The molecule has 0 spiro atoms. The van der Waals surface area contributed by atoms with Gasteiger partial charge in [0.15, 0.2) is 5.01 Å². The number of aromatic carboxylic acids is 1. The van der Waals surface area contributed by atoms with Crippen molar-refractivity contribution in [1.82, 2.24) is 10.2 Å². The average molecular weight is 420 g/mol. The molecule has 1 aromatic heterocycles. The molecule has 1 heterocycles. The van der Waals surface area contributed by atoms with Crippen LogP contribution in [0, 0.1) is 0 Å². The van der Waals surface area contributed by atoms with Crippen LogP contribution in [0.4, 0.5) is 5.69 Å². The monoisotopic (exact) mass is 419 g/mol. The fourth-order valence-electron chi connectivity index (χ4n) is 2.06. The van der Waals surface area contributed by atoms with Gasteiger partial charge in [-0.25, -0.2) is 4.79 Å². The molecule has 3 aromatic rings. The van der Waals surface area contributed by atoms with Gasteiger partial charge < -0.3 is 10.4 Å². The Morgan fingerprint density at radius 1 is 1.00 bits per heavy atom. The summed E-state index contributed by atoms with van der Waals surface area (Å²) in [5.74, 6) is -1.41. The smallest absolute Gasteiger partial charge is 0.335 e. The average Bonchev–Trinajstić information content (AvgIpc) is 3.14. The van der Waals surface area contributed by atoms with Crippen LogP contribution in [0.3, 0.4) is 0 Å². The molecule has 136 valence electrons. The second-order valence-electron chi connectivity index (χ2n) is 5.29. The highest BCUT2D eigenvalue weighted by Gasteiger charge is 2.15. The Kier molecular flexibility index (Phi) is 5.85. The van der Waals surface area contributed by atoms with Crippen molar-refractivity contribution in [3.63, 3.8) is 0 Å². The Labute approximate surface area is 168 Å². The molecule has 27 heavy (non-hydrogen) atoms. The van der Waals surface area contributed by atoms with Crippen LogP contribution in [0.1, 0.15) is 30.7 Å². The van der Waals surface area contributed by atoms with E-state index >= 15 is 0 Å². The summed E-state index contributed by atoms with van der Waals surface area (Å²) < 4.78 is 0. The fraction of sp³-hybridized carbons (Fsp3) is 0. The van der Waals surface area contributed by atoms with E-state index in [1.165, 1.54) is 12.1 Å². The standard InChI is InChI=1S/C18H11Cl2N3O3S/c19-12-5-7-13(8-6-12)21-15(24)17-23-22-16(27-17)14(20)9-10-1-3-11(4-2-10)18(25)26/h1-9H,(H,21,24)(H,25,26)/b14-9+. The third kappa shape index (κ3) is 4.91. The number of hydrogen-bond donors (Lipinski definition) is 2. The van der Waals surface area contributed by atoms with Crippen molar-refractivity contribution in [3.05, 3.63) is 74.7 Å². The van der Waals surface area contributed by atoms with Gasteiger partial charge in [0.2, 0.25) is 5.01 Å². The lowest BCUT2D eigenvalue weighted by Crippen LogP contribution is -2.11. The molecule has 6 nitrogen and oxygen atoms in total. The van der Waals surface area contributed by atoms with Crippen LogP contribution in [0.25, 0.3) is 11.1 Å². The lowest BCUT2D eigenvalue weighted by molar-refractivity contribution is 0.0696. The van der Waals surface area contributed by atoms with E-state index in [1.54, 1.807) is 42.5 Å². The predicted octanol–water partition coefficient (Wildman–Crippen LogP) is 4.88. The first kappa shape index (κ1) is 19.0. The quantitative estimate of drug-likeness (QED) is 0.614. The van der Waals surface area contributed by atoms with E-state index in [0.29, 0.717) is 26.3 Å². The van der Waals surface area contributed by atoms with E-state index in [0.717, 1.165) is 11.3 Å². The Hall–Kier alpha value is -2.74. The topological polar surface area (TPSA) is 92.2 Å².